The SMILES string of the molecule is C=Cc1nc2c(cc1CN(C)C)CCCN2C(=O)Nc1cc(O[C@@H]2CCOC2)c(C#N)cn1. The zero-order valence-electron chi connectivity index (χ0n) is 19.0. The number of aromatic nitrogens is 2. The van der Waals surface area contributed by atoms with E-state index in [1.54, 1.807) is 17.0 Å². The fraction of sp³-hybridized carbons (Fsp3) is 0.417. The van der Waals surface area contributed by atoms with Crippen LogP contribution in [-0.2, 0) is 17.7 Å². The lowest BCUT2D eigenvalue weighted by atomic mass is 10.0. The maximum atomic E-state index is 13.2. The number of nitrogens with zero attached hydrogens (tertiary/aromatic N) is 5. The van der Waals surface area contributed by atoms with Crippen LogP contribution in [0.25, 0.3) is 6.08 Å². The normalized spacial score (nSPS) is 17.4. The summed E-state index contributed by atoms with van der Waals surface area (Å²) in [5.74, 6) is 1.34. The molecule has 2 aliphatic rings. The second kappa shape index (κ2) is 9.98. The average molecular weight is 449 g/mol. The van der Waals surface area contributed by atoms with Crippen molar-refractivity contribution in [3.8, 4) is 11.8 Å². The van der Waals surface area contributed by atoms with E-state index >= 15 is 0 Å². The van der Waals surface area contributed by atoms with Gasteiger partial charge in [-0.05, 0) is 50.2 Å². The highest BCUT2D eigenvalue weighted by atomic mass is 16.5. The van der Waals surface area contributed by atoms with E-state index < -0.39 is 0 Å². The van der Waals surface area contributed by atoms with Crippen molar-refractivity contribution in [1.82, 2.24) is 14.9 Å². The lowest BCUT2D eigenvalue weighted by molar-refractivity contribution is 0.141. The summed E-state index contributed by atoms with van der Waals surface area (Å²) in [7, 11) is 4.02. The van der Waals surface area contributed by atoms with E-state index in [0.717, 1.165) is 42.6 Å². The van der Waals surface area contributed by atoms with Crippen LogP contribution in [0.2, 0.25) is 0 Å². The van der Waals surface area contributed by atoms with Crippen LogP contribution in [0, 0.1) is 11.3 Å². The molecule has 0 radical (unpaired) electrons. The number of ether oxygens (including phenoxy) is 2. The van der Waals surface area contributed by atoms with Crippen molar-refractivity contribution in [2.75, 3.05) is 44.1 Å². The van der Waals surface area contributed by atoms with Crippen LogP contribution in [0.3, 0.4) is 0 Å². The Kier molecular flexibility index (Phi) is 6.87. The van der Waals surface area contributed by atoms with Crippen molar-refractivity contribution in [1.29, 1.82) is 5.26 Å². The third kappa shape index (κ3) is 5.13. The summed E-state index contributed by atoms with van der Waals surface area (Å²) in [5, 5.41) is 12.2. The van der Waals surface area contributed by atoms with Gasteiger partial charge in [-0.25, -0.2) is 14.8 Å². The third-order valence-corrected chi connectivity index (χ3v) is 5.60. The van der Waals surface area contributed by atoms with Crippen LogP contribution in [0.5, 0.6) is 5.75 Å². The van der Waals surface area contributed by atoms with E-state index in [2.05, 4.69) is 33.9 Å². The fourth-order valence-corrected chi connectivity index (χ4v) is 4.05. The summed E-state index contributed by atoms with van der Waals surface area (Å²) >= 11 is 0. The molecule has 2 amide bonds. The first kappa shape index (κ1) is 22.7. The molecule has 2 aromatic heterocycles. The lowest BCUT2D eigenvalue weighted by Gasteiger charge is -2.29. The molecule has 1 N–H and O–H groups in total. The molecule has 172 valence electrons. The Morgan fingerprint density at radius 2 is 2.33 bits per heavy atom. The minimum absolute atomic E-state index is 0.116. The van der Waals surface area contributed by atoms with Gasteiger partial charge in [-0.3, -0.25) is 10.2 Å². The van der Waals surface area contributed by atoms with Crippen molar-refractivity contribution < 1.29 is 14.3 Å². The molecule has 0 aromatic carbocycles. The third-order valence-electron chi connectivity index (χ3n) is 5.60. The van der Waals surface area contributed by atoms with Gasteiger partial charge >= 0.3 is 6.03 Å². The van der Waals surface area contributed by atoms with Crippen LogP contribution < -0.4 is 15.0 Å². The number of hydrogen-bond acceptors (Lipinski definition) is 7. The lowest BCUT2D eigenvalue weighted by Crippen LogP contribution is -2.39. The van der Waals surface area contributed by atoms with Gasteiger partial charge in [-0.1, -0.05) is 6.58 Å². The van der Waals surface area contributed by atoms with E-state index in [-0.39, 0.29) is 12.1 Å². The van der Waals surface area contributed by atoms with Gasteiger partial charge in [-0.2, -0.15) is 5.26 Å². The average Bonchev–Trinajstić information content (AvgIpc) is 3.31. The zero-order valence-corrected chi connectivity index (χ0v) is 19.0. The number of aryl methyl sites for hydroxylation is 1. The van der Waals surface area contributed by atoms with Gasteiger partial charge in [0.05, 0.1) is 25.1 Å². The summed E-state index contributed by atoms with van der Waals surface area (Å²) in [6, 6.07) is 5.46. The molecule has 0 unspecified atom stereocenters. The molecule has 4 heterocycles. The van der Waals surface area contributed by atoms with Crippen molar-refractivity contribution >= 4 is 23.7 Å². The number of anilines is 2. The number of nitriles is 1. The van der Waals surface area contributed by atoms with Crippen LogP contribution >= 0.6 is 0 Å². The van der Waals surface area contributed by atoms with Crippen LogP contribution in [0.1, 0.15) is 35.2 Å². The second-order valence-electron chi connectivity index (χ2n) is 8.42. The highest BCUT2D eigenvalue weighted by Crippen LogP contribution is 2.30. The molecule has 0 aliphatic carbocycles. The summed E-state index contributed by atoms with van der Waals surface area (Å²) in [4.78, 5) is 25.9. The second-order valence-corrected chi connectivity index (χ2v) is 8.42. The Labute approximate surface area is 193 Å². The van der Waals surface area contributed by atoms with Gasteiger partial charge in [0.25, 0.3) is 0 Å². The van der Waals surface area contributed by atoms with E-state index in [4.69, 9.17) is 14.5 Å². The molecule has 9 nitrogen and oxygen atoms in total. The summed E-state index contributed by atoms with van der Waals surface area (Å²) in [5.41, 5.74) is 3.21. The number of amides is 2. The maximum Gasteiger partial charge on any atom is 0.328 e. The maximum absolute atomic E-state index is 13.2. The molecule has 33 heavy (non-hydrogen) atoms. The highest BCUT2D eigenvalue weighted by molar-refractivity contribution is 6.01. The first-order chi connectivity index (χ1) is 16.0. The summed E-state index contributed by atoms with van der Waals surface area (Å²) in [6.07, 6.45) is 5.48. The number of nitrogens with one attached hydrogen (secondary N) is 1. The minimum Gasteiger partial charge on any atom is -0.486 e. The molecule has 1 saturated heterocycles. The Morgan fingerprint density at radius 3 is 3.03 bits per heavy atom. The van der Waals surface area contributed by atoms with Crippen molar-refractivity contribution in [3.05, 3.63) is 47.3 Å². The van der Waals surface area contributed by atoms with Gasteiger partial charge in [0.15, 0.2) is 0 Å². The van der Waals surface area contributed by atoms with Crippen LogP contribution in [-0.4, -0.2) is 60.9 Å². The molecule has 0 bridgehead atoms. The first-order valence-corrected chi connectivity index (χ1v) is 11.0. The monoisotopic (exact) mass is 448 g/mol. The quantitative estimate of drug-likeness (QED) is 0.724. The number of carbonyl (C=O) groups excluding carboxylic acids is 1. The topological polar surface area (TPSA) is 104 Å². The number of rotatable bonds is 6. The molecule has 1 atom stereocenters. The molecule has 0 spiro atoms. The Morgan fingerprint density at radius 1 is 1.48 bits per heavy atom. The number of urea groups is 1. The van der Waals surface area contributed by atoms with Gasteiger partial charge in [-0.15, -0.1) is 0 Å². The Balaban J connectivity index is 1.56. The molecule has 2 aliphatic heterocycles. The number of carbonyl (C=O) groups is 1. The Bertz CT molecular complexity index is 1090. The zero-order chi connectivity index (χ0) is 23.4. The van der Waals surface area contributed by atoms with Crippen LogP contribution in [0.4, 0.5) is 16.4 Å². The van der Waals surface area contributed by atoms with E-state index in [0.29, 0.717) is 42.7 Å². The Hall–Kier alpha value is -3.48. The van der Waals surface area contributed by atoms with E-state index in [9.17, 15) is 10.1 Å². The van der Waals surface area contributed by atoms with Gasteiger partial charge < -0.3 is 14.4 Å². The molecule has 4 rings (SSSR count). The van der Waals surface area contributed by atoms with E-state index in [1.165, 1.54) is 6.20 Å². The first-order valence-electron chi connectivity index (χ1n) is 11.0. The molecular formula is C24H28N6O3. The minimum atomic E-state index is -0.328. The molecule has 9 heteroatoms. The summed E-state index contributed by atoms with van der Waals surface area (Å²) in [6.45, 7) is 6.30. The number of pyridine rings is 2. The molecule has 1 fully saturated rings. The molecular weight excluding hydrogens is 420 g/mol. The predicted molar refractivity (Wildman–Crippen MR) is 125 cm³/mol. The molecule has 0 saturated carbocycles. The number of hydrogen-bond donors (Lipinski definition) is 1. The van der Waals surface area contributed by atoms with Crippen molar-refractivity contribution in [2.45, 2.75) is 31.9 Å². The standard InChI is InChI=1S/C24H28N6O3/c1-4-20-17(14-29(2)3)10-16-6-5-8-30(23(16)27-20)24(31)28-22-11-21(18(12-25)13-26-22)33-19-7-9-32-15-19/h4,10-11,13,19H,1,5-9,14-15H2,2-3H3,(H,26,28,31)/t19-/m1/s1. The largest absolute Gasteiger partial charge is 0.486 e. The highest BCUT2D eigenvalue weighted by Gasteiger charge is 2.26. The summed E-state index contributed by atoms with van der Waals surface area (Å²) < 4.78 is 11.3. The van der Waals surface area contributed by atoms with Crippen LogP contribution in [0.15, 0.2) is 24.9 Å². The van der Waals surface area contributed by atoms with Gasteiger partial charge in [0.2, 0.25) is 0 Å². The number of fused-ring (bicyclic) bond motifs is 1. The van der Waals surface area contributed by atoms with Crippen molar-refractivity contribution in [3.63, 3.8) is 0 Å². The smallest absolute Gasteiger partial charge is 0.328 e. The van der Waals surface area contributed by atoms with Gasteiger partial charge in [0, 0.05) is 25.6 Å². The van der Waals surface area contributed by atoms with Crippen molar-refractivity contribution in [2.24, 2.45) is 0 Å². The fourth-order valence-electron chi connectivity index (χ4n) is 4.05. The molecule has 2 aromatic rings. The van der Waals surface area contributed by atoms with E-state index in [1.807, 2.05) is 14.1 Å². The van der Waals surface area contributed by atoms with Gasteiger partial charge in [0.1, 0.15) is 35.1 Å². The predicted octanol–water partition coefficient (Wildman–Crippen LogP) is 3.21.